The fraction of sp³-hybridized carbons (Fsp3) is 0.545. The largest absolute Gasteiger partial charge is 0.264 e. The summed E-state index contributed by atoms with van der Waals surface area (Å²) in [5, 5.41) is 1.02. The predicted molar refractivity (Wildman–Crippen MR) is 60.3 cm³/mol. The molecule has 0 saturated carbocycles. The van der Waals surface area contributed by atoms with Crippen LogP contribution in [0.1, 0.15) is 25.0 Å². The predicted octanol–water partition coefficient (Wildman–Crippen LogP) is 3.35. The smallest absolute Gasteiger partial charge is 0.0300 e. The minimum absolute atomic E-state index is 0.315. The number of nitrogens with zero attached hydrogens (tertiary/aromatic N) is 1. The van der Waals surface area contributed by atoms with Gasteiger partial charge in [-0.25, -0.2) is 0 Å². The molecule has 0 spiro atoms. The standard InChI is InChI=1S/C11H16BrN/c1-9-4-10(7-13-6-9)5-11(2,3)8-12/h4,6-7H,5,8H2,1-3H3. The lowest BCUT2D eigenvalue weighted by Crippen LogP contribution is -2.16. The van der Waals surface area contributed by atoms with Crippen LogP contribution in [0, 0.1) is 12.3 Å². The first-order chi connectivity index (χ1) is 6.03. The second-order valence-electron chi connectivity index (χ2n) is 4.35. The molecule has 0 fully saturated rings. The Balaban J connectivity index is 2.74. The molecule has 0 saturated heterocycles. The number of alkyl halides is 1. The molecule has 1 nitrogen and oxygen atoms in total. The summed E-state index contributed by atoms with van der Waals surface area (Å²) in [5.74, 6) is 0. The highest BCUT2D eigenvalue weighted by molar-refractivity contribution is 9.09. The summed E-state index contributed by atoms with van der Waals surface area (Å²) in [6, 6.07) is 2.21. The van der Waals surface area contributed by atoms with Crippen LogP contribution in [0.3, 0.4) is 0 Å². The first-order valence-corrected chi connectivity index (χ1v) is 5.62. The summed E-state index contributed by atoms with van der Waals surface area (Å²) in [4.78, 5) is 4.19. The lowest BCUT2D eigenvalue weighted by Gasteiger charge is -2.21. The molecule has 13 heavy (non-hydrogen) atoms. The van der Waals surface area contributed by atoms with Crippen molar-refractivity contribution in [1.29, 1.82) is 0 Å². The van der Waals surface area contributed by atoms with E-state index in [4.69, 9.17) is 0 Å². The van der Waals surface area contributed by atoms with E-state index in [1.807, 2.05) is 12.4 Å². The molecule has 2 heteroatoms. The molecule has 0 aromatic carbocycles. The van der Waals surface area contributed by atoms with Gasteiger partial charge in [0.15, 0.2) is 0 Å². The van der Waals surface area contributed by atoms with Crippen LogP contribution in [0.15, 0.2) is 18.5 Å². The van der Waals surface area contributed by atoms with Gasteiger partial charge in [-0.3, -0.25) is 4.98 Å². The molecule has 0 radical (unpaired) electrons. The highest BCUT2D eigenvalue weighted by Gasteiger charge is 2.16. The summed E-state index contributed by atoms with van der Waals surface area (Å²) in [7, 11) is 0. The molecule has 0 aliphatic carbocycles. The van der Waals surface area contributed by atoms with Gasteiger partial charge < -0.3 is 0 Å². The Morgan fingerprint density at radius 3 is 2.62 bits per heavy atom. The number of hydrogen-bond acceptors (Lipinski definition) is 1. The summed E-state index contributed by atoms with van der Waals surface area (Å²) in [5.41, 5.74) is 2.88. The van der Waals surface area contributed by atoms with Crippen molar-refractivity contribution in [3.05, 3.63) is 29.6 Å². The van der Waals surface area contributed by atoms with Crippen molar-refractivity contribution in [2.24, 2.45) is 5.41 Å². The average Bonchev–Trinajstić information content (AvgIpc) is 2.03. The van der Waals surface area contributed by atoms with Gasteiger partial charge in [0.05, 0.1) is 0 Å². The number of pyridine rings is 1. The number of aromatic nitrogens is 1. The SMILES string of the molecule is Cc1cncc(CC(C)(C)CBr)c1. The Hall–Kier alpha value is -0.370. The van der Waals surface area contributed by atoms with Crippen molar-refractivity contribution < 1.29 is 0 Å². The third-order valence-corrected chi connectivity index (χ3v) is 3.49. The van der Waals surface area contributed by atoms with E-state index in [2.05, 4.69) is 47.8 Å². The van der Waals surface area contributed by atoms with E-state index < -0.39 is 0 Å². The molecule has 0 amide bonds. The Kier molecular flexibility index (Phi) is 3.48. The Labute approximate surface area is 88.7 Å². The summed E-state index contributed by atoms with van der Waals surface area (Å²) in [6.07, 6.45) is 4.93. The van der Waals surface area contributed by atoms with Gasteiger partial charge in [-0.15, -0.1) is 0 Å². The van der Waals surface area contributed by atoms with Gasteiger partial charge in [0, 0.05) is 17.7 Å². The molecular weight excluding hydrogens is 226 g/mol. The second-order valence-corrected chi connectivity index (χ2v) is 4.91. The molecule has 1 aromatic rings. The highest BCUT2D eigenvalue weighted by Crippen LogP contribution is 2.23. The molecule has 1 rings (SSSR count). The van der Waals surface area contributed by atoms with E-state index in [1.54, 1.807) is 0 Å². The fourth-order valence-electron chi connectivity index (χ4n) is 1.31. The molecule has 1 heterocycles. The summed E-state index contributed by atoms with van der Waals surface area (Å²) >= 11 is 3.53. The zero-order valence-electron chi connectivity index (χ0n) is 8.47. The van der Waals surface area contributed by atoms with Gasteiger partial charge in [-0.1, -0.05) is 35.8 Å². The average molecular weight is 242 g/mol. The van der Waals surface area contributed by atoms with Crippen LogP contribution in [-0.2, 0) is 6.42 Å². The zero-order chi connectivity index (χ0) is 9.90. The maximum atomic E-state index is 4.19. The molecule has 0 atom stereocenters. The number of aryl methyl sites for hydroxylation is 1. The van der Waals surface area contributed by atoms with E-state index >= 15 is 0 Å². The number of halogens is 1. The van der Waals surface area contributed by atoms with Crippen molar-refractivity contribution in [2.75, 3.05) is 5.33 Å². The van der Waals surface area contributed by atoms with E-state index in [-0.39, 0.29) is 0 Å². The van der Waals surface area contributed by atoms with E-state index in [0.717, 1.165) is 11.8 Å². The van der Waals surface area contributed by atoms with Crippen LogP contribution < -0.4 is 0 Å². The van der Waals surface area contributed by atoms with Crippen LogP contribution in [0.5, 0.6) is 0 Å². The summed E-state index contributed by atoms with van der Waals surface area (Å²) < 4.78 is 0. The quantitative estimate of drug-likeness (QED) is 0.740. The van der Waals surface area contributed by atoms with Gasteiger partial charge in [0.25, 0.3) is 0 Å². The van der Waals surface area contributed by atoms with Crippen molar-refractivity contribution >= 4 is 15.9 Å². The highest BCUT2D eigenvalue weighted by atomic mass is 79.9. The van der Waals surface area contributed by atoms with E-state index in [0.29, 0.717) is 5.41 Å². The summed E-state index contributed by atoms with van der Waals surface area (Å²) in [6.45, 7) is 6.59. The third-order valence-electron chi connectivity index (χ3n) is 1.98. The zero-order valence-corrected chi connectivity index (χ0v) is 10.1. The molecule has 0 bridgehead atoms. The van der Waals surface area contributed by atoms with Crippen LogP contribution in [0.4, 0.5) is 0 Å². The molecule has 1 aromatic heterocycles. The molecule has 0 unspecified atom stereocenters. The first-order valence-electron chi connectivity index (χ1n) is 4.50. The van der Waals surface area contributed by atoms with Crippen LogP contribution in [0.25, 0.3) is 0 Å². The topological polar surface area (TPSA) is 12.9 Å². The van der Waals surface area contributed by atoms with Crippen molar-refractivity contribution in [3.8, 4) is 0 Å². The second kappa shape index (κ2) is 4.23. The maximum absolute atomic E-state index is 4.19. The number of hydrogen-bond donors (Lipinski definition) is 0. The fourth-order valence-corrected chi connectivity index (χ4v) is 1.51. The van der Waals surface area contributed by atoms with Gasteiger partial charge in [-0.2, -0.15) is 0 Å². The first kappa shape index (κ1) is 10.7. The van der Waals surface area contributed by atoms with Gasteiger partial charge in [0.1, 0.15) is 0 Å². The number of rotatable bonds is 3. The van der Waals surface area contributed by atoms with Crippen LogP contribution in [0.2, 0.25) is 0 Å². The molecular formula is C11H16BrN. The van der Waals surface area contributed by atoms with E-state index in [1.165, 1.54) is 11.1 Å². The Morgan fingerprint density at radius 1 is 1.38 bits per heavy atom. The van der Waals surface area contributed by atoms with Crippen LogP contribution >= 0.6 is 15.9 Å². The molecule has 0 N–H and O–H groups in total. The Morgan fingerprint density at radius 2 is 2.08 bits per heavy atom. The minimum atomic E-state index is 0.315. The lowest BCUT2D eigenvalue weighted by atomic mass is 9.88. The van der Waals surface area contributed by atoms with Gasteiger partial charge >= 0.3 is 0 Å². The van der Waals surface area contributed by atoms with Gasteiger partial charge in [-0.05, 0) is 29.9 Å². The van der Waals surface area contributed by atoms with Crippen molar-refractivity contribution in [3.63, 3.8) is 0 Å². The van der Waals surface area contributed by atoms with Gasteiger partial charge in [0.2, 0.25) is 0 Å². The van der Waals surface area contributed by atoms with Crippen molar-refractivity contribution in [1.82, 2.24) is 4.98 Å². The Bertz CT molecular complexity index is 281. The molecule has 0 aliphatic rings. The van der Waals surface area contributed by atoms with Crippen LogP contribution in [-0.4, -0.2) is 10.3 Å². The molecule has 0 aliphatic heterocycles. The third kappa shape index (κ3) is 3.47. The normalized spacial score (nSPS) is 11.7. The van der Waals surface area contributed by atoms with Crippen molar-refractivity contribution in [2.45, 2.75) is 27.2 Å². The minimum Gasteiger partial charge on any atom is -0.264 e. The maximum Gasteiger partial charge on any atom is 0.0300 e. The molecule has 72 valence electrons. The monoisotopic (exact) mass is 241 g/mol. The van der Waals surface area contributed by atoms with E-state index in [9.17, 15) is 0 Å². The lowest BCUT2D eigenvalue weighted by molar-refractivity contribution is 0.424.